The van der Waals surface area contributed by atoms with E-state index in [2.05, 4.69) is 0 Å². The lowest BCUT2D eigenvalue weighted by Gasteiger charge is -2.17. The largest absolute Gasteiger partial charge is 0.462 e. The molecule has 186 valence electrons. The van der Waals surface area contributed by atoms with Gasteiger partial charge in [-0.15, -0.1) is 0 Å². The fourth-order valence-electron chi connectivity index (χ4n) is 4.83. The van der Waals surface area contributed by atoms with Gasteiger partial charge in [-0.05, 0) is 56.8 Å². The summed E-state index contributed by atoms with van der Waals surface area (Å²) in [7, 11) is 0. The minimum Gasteiger partial charge on any atom is -0.462 e. The highest BCUT2D eigenvalue weighted by molar-refractivity contribution is 6.17. The number of carbonyl (C=O) groups is 2. The van der Waals surface area contributed by atoms with Gasteiger partial charge < -0.3 is 9.47 Å². The Morgan fingerprint density at radius 2 is 1.46 bits per heavy atom. The van der Waals surface area contributed by atoms with E-state index in [1.807, 2.05) is 67.6 Å². The van der Waals surface area contributed by atoms with Gasteiger partial charge >= 0.3 is 11.9 Å². The molecule has 0 spiro atoms. The zero-order chi connectivity index (χ0) is 26.1. The van der Waals surface area contributed by atoms with Crippen LogP contribution in [-0.4, -0.2) is 39.9 Å². The maximum Gasteiger partial charge on any atom is 0.340 e. The topological polar surface area (TPSA) is 83.3 Å². The molecule has 0 saturated heterocycles. The molecule has 0 fully saturated rings. The number of hydrogen-bond acceptors (Lipinski definition) is 6. The first kappa shape index (κ1) is 24.2. The summed E-state index contributed by atoms with van der Waals surface area (Å²) in [6.45, 7) is 7.72. The highest BCUT2D eigenvalue weighted by Crippen LogP contribution is 2.40. The van der Waals surface area contributed by atoms with E-state index in [1.165, 1.54) is 0 Å². The average Bonchev–Trinajstić information content (AvgIpc) is 3.23. The van der Waals surface area contributed by atoms with Gasteiger partial charge in [0, 0.05) is 10.9 Å². The molecule has 5 aromatic rings. The van der Waals surface area contributed by atoms with Gasteiger partial charge in [0.1, 0.15) is 0 Å². The van der Waals surface area contributed by atoms with Crippen LogP contribution in [0.2, 0.25) is 0 Å². The first-order chi connectivity index (χ1) is 18.0. The van der Waals surface area contributed by atoms with E-state index >= 15 is 0 Å². The second-order valence-electron chi connectivity index (χ2n) is 8.63. The summed E-state index contributed by atoms with van der Waals surface area (Å²) in [5.74, 6) is -0.890. The minimum absolute atomic E-state index is 0.224. The third-order valence-corrected chi connectivity index (χ3v) is 6.32. The van der Waals surface area contributed by atoms with E-state index in [-0.39, 0.29) is 13.2 Å². The molecule has 0 saturated carbocycles. The van der Waals surface area contributed by atoms with Gasteiger partial charge in [0.25, 0.3) is 0 Å². The van der Waals surface area contributed by atoms with Crippen molar-refractivity contribution < 1.29 is 19.1 Å². The third kappa shape index (κ3) is 4.12. The van der Waals surface area contributed by atoms with Crippen LogP contribution in [0.25, 0.3) is 38.6 Å². The van der Waals surface area contributed by atoms with Crippen LogP contribution >= 0.6 is 0 Å². The molecule has 37 heavy (non-hydrogen) atoms. The summed E-state index contributed by atoms with van der Waals surface area (Å²) in [5.41, 5.74) is 4.85. The van der Waals surface area contributed by atoms with Gasteiger partial charge in [-0.2, -0.15) is 5.10 Å². The predicted octanol–water partition coefficient (Wildman–Crippen LogP) is 6.21. The molecular formula is C30H27N3O4. The predicted molar refractivity (Wildman–Crippen MR) is 143 cm³/mol. The molecule has 3 aromatic carbocycles. The standard InChI is InChI=1S/C30H27N3O4/c1-5-36-29(34)23-17-11-13-20-12-10-16-22(26(20)23)27-24-19(4)32-33(21-14-8-7-9-15-21)28(24)31-18(3)25(27)30(35)37-6-2/h7-17H,5-6H2,1-4H3. The summed E-state index contributed by atoms with van der Waals surface area (Å²) >= 11 is 0. The molecule has 0 amide bonds. The number of benzene rings is 3. The number of rotatable bonds is 6. The molecule has 0 unspecified atom stereocenters. The zero-order valence-corrected chi connectivity index (χ0v) is 21.2. The smallest absolute Gasteiger partial charge is 0.340 e. The van der Waals surface area contributed by atoms with Crippen LogP contribution in [0, 0.1) is 13.8 Å². The summed E-state index contributed by atoms with van der Waals surface area (Å²) in [4.78, 5) is 31.2. The Balaban J connectivity index is 1.95. The Hall–Kier alpha value is -4.52. The van der Waals surface area contributed by atoms with E-state index in [4.69, 9.17) is 19.6 Å². The number of ether oxygens (including phenoxy) is 2. The number of fused-ring (bicyclic) bond motifs is 2. The maximum absolute atomic E-state index is 13.4. The number of nitrogens with zero attached hydrogens (tertiary/aromatic N) is 3. The van der Waals surface area contributed by atoms with Crippen molar-refractivity contribution in [3.63, 3.8) is 0 Å². The first-order valence-electron chi connectivity index (χ1n) is 12.3. The van der Waals surface area contributed by atoms with E-state index in [1.54, 1.807) is 31.5 Å². The molecule has 0 aliphatic carbocycles. The minimum atomic E-state index is -0.470. The second-order valence-corrected chi connectivity index (χ2v) is 8.63. The molecule has 0 atom stereocenters. The van der Waals surface area contributed by atoms with Crippen molar-refractivity contribution in [1.82, 2.24) is 14.8 Å². The number of hydrogen-bond donors (Lipinski definition) is 0. The molecule has 7 heteroatoms. The first-order valence-corrected chi connectivity index (χ1v) is 12.3. The lowest BCUT2D eigenvalue weighted by Crippen LogP contribution is -2.12. The Kier molecular flexibility index (Phi) is 6.44. The van der Waals surface area contributed by atoms with Gasteiger partial charge in [-0.3, -0.25) is 0 Å². The Bertz CT molecular complexity index is 1650. The van der Waals surface area contributed by atoms with E-state index < -0.39 is 11.9 Å². The van der Waals surface area contributed by atoms with Crippen LogP contribution in [0.5, 0.6) is 0 Å². The summed E-state index contributed by atoms with van der Waals surface area (Å²) in [5, 5.41) is 7.09. The fourth-order valence-corrected chi connectivity index (χ4v) is 4.83. The van der Waals surface area contributed by atoms with Crippen LogP contribution in [-0.2, 0) is 9.47 Å². The highest BCUT2D eigenvalue weighted by atomic mass is 16.5. The third-order valence-electron chi connectivity index (χ3n) is 6.32. The number of pyridine rings is 1. The molecular weight excluding hydrogens is 466 g/mol. The van der Waals surface area contributed by atoms with Crippen LogP contribution in [0.1, 0.15) is 46.0 Å². The molecule has 5 rings (SSSR count). The summed E-state index contributed by atoms with van der Waals surface area (Å²) < 4.78 is 12.6. The Morgan fingerprint density at radius 3 is 2.16 bits per heavy atom. The number of para-hydroxylation sites is 1. The average molecular weight is 494 g/mol. The normalized spacial score (nSPS) is 11.1. The van der Waals surface area contributed by atoms with Crippen molar-refractivity contribution in [1.29, 1.82) is 0 Å². The SMILES string of the molecule is CCOC(=O)c1c(C)nc2c(c(C)nn2-c2ccccc2)c1-c1cccc2cccc(C(=O)OCC)c12. The van der Waals surface area contributed by atoms with Crippen LogP contribution in [0.15, 0.2) is 66.7 Å². The molecule has 0 N–H and O–H groups in total. The molecule has 0 bridgehead atoms. The van der Waals surface area contributed by atoms with Gasteiger partial charge in [-0.25, -0.2) is 19.3 Å². The quantitative estimate of drug-likeness (QED) is 0.262. The summed E-state index contributed by atoms with van der Waals surface area (Å²) in [6.07, 6.45) is 0. The van der Waals surface area contributed by atoms with Crippen molar-refractivity contribution in [2.45, 2.75) is 27.7 Å². The molecule has 0 aliphatic rings. The monoisotopic (exact) mass is 493 g/mol. The molecule has 7 nitrogen and oxygen atoms in total. The zero-order valence-electron chi connectivity index (χ0n) is 21.2. The number of aryl methyl sites for hydroxylation is 2. The number of esters is 2. The Morgan fingerprint density at radius 1 is 0.784 bits per heavy atom. The second kappa shape index (κ2) is 9.85. The number of carbonyl (C=O) groups excluding carboxylic acids is 2. The molecule has 0 aliphatic heterocycles. The van der Waals surface area contributed by atoms with Crippen molar-refractivity contribution >= 4 is 33.7 Å². The molecule has 0 radical (unpaired) electrons. The highest BCUT2D eigenvalue weighted by Gasteiger charge is 2.28. The number of aromatic nitrogens is 3. The van der Waals surface area contributed by atoms with Crippen LogP contribution < -0.4 is 0 Å². The van der Waals surface area contributed by atoms with Crippen molar-refractivity contribution in [3.8, 4) is 16.8 Å². The van der Waals surface area contributed by atoms with Gasteiger partial charge in [0.2, 0.25) is 0 Å². The molecule has 2 aromatic heterocycles. The van der Waals surface area contributed by atoms with Crippen LogP contribution in [0.4, 0.5) is 0 Å². The van der Waals surface area contributed by atoms with E-state index in [0.29, 0.717) is 39.1 Å². The van der Waals surface area contributed by atoms with E-state index in [0.717, 1.165) is 22.0 Å². The molecule has 2 heterocycles. The fraction of sp³-hybridized carbons (Fsp3) is 0.200. The lowest BCUT2D eigenvalue weighted by molar-refractivity contribution is 0.0518. The lowest BCUT2D eigenvalue weighted by atomic mass is 9.89. The van der Waals surface area contributed by atoms with Gasteiger partial charge in [0.05, 0.1) is 46.8 Å². The van der Waals surface area contributed by atoms with Gasteiger partial charge in [0.15, 0.2) is 5.65 Å². The maximum atomic E-state index is 13.4. The van der Waals surface area contributed by atoms with Crippen molar-refractivity contribution in [3.05, 3.63) is 89.2 Å². The van der Waals surface area contributed by atoms with Crippen LogP contribution in [0.3, 0.4) is 0 Å². The van der Waals surface area contributed by atoms with E-state index in [9.17, 15) is 9.59 Å². The van der Waals surface area contributed by atoms with Crippen molar-refractivity contribution in [2.24, 2.45) is 0 Å². The Labute approximate surface area is 214 Å². The van der Waals surface area contributed by atoms with Gasteiger partial charge in [-0.1, -0.05) is 48.5 Å². The van der Waals surface area contributed by atoms with Crippen molar-refractivity contribution in [2.75, 3.05) is 13.2 Å². The summed E-state index contributed by atoms with van der Waals surface area (Å²) in [6, 6.07) is 21.0.